The highest BCUT2D eigenvalue weighted by molar-refractivity contribution is 5.74. The van der Waals surface area contributed by atoms with Gasteiger partial charge in [0.05, 0.1) is 6.04 Å². The Hall–Kier alpha value is -2.71. The summed E-state index contributed by atoms with van der Waals surface area (Å²) in [6, 6.07) is 5.96. The normalized spacial score (nSPS) is 12.0. The van der Waals surface area contributed by atoms with Gasteiger partial charge in [-0.25, -0.2) is 13.6 Å². The molecule has 0 spiro atoms. The van der Waals surface area contributed by atoms with Gasteiger partial charge in [0.15, 0.2) is 5.82 Å². The van der Waals surface area contributed by atoms with Crippen LogP contribution >= 0.6 is 0 Å². The SMILES string of the molecule is C[C@@H](NC(=O)NCc1cccc(OCC(F)F)c1)c1nncn1C. The van der Waals surface area contributed by atoms with E-state index in [1.165, 1.54) is 0 Å². The topological polar surface area (TPSA) is 81.1 Å². The van der Waals surface area contributed by atoms with Crippen LogP contribution in [0.25, 0.3) is 0 Å². The number of halogens is 2. The summed E-state index contributed by atoms with van der Waals surface area (Å²) in [5, 5.41) is 13.1. The van der Waals surface area contributed by atoms with Gasteiger partial charge in [0.2, 0.25) is 0 Å². The second-order valence-corrected chi connectivity index (χ2v) is 5.20. The summed E-state index contributed by atoms with van der Waals surface area (Å²) in [4.78, 5) is 11.9. The molecule has 0 radical (unpaired) electrons. The summed E-state index contributed by atoms with van der Waals surface area (Å²) < 4.78 is 30.9. The number of carbonyl (C=O) groups excluding carboxylic acids is 1. The Kier molecular flexibility index (Phi) is 6.05. The zero-order chi connectivity index (χ0) is 17.5. The smallest absolute Gasteiger partial charge is 0.315 e. The molecule has 0 aliphatic rings. The number of alkyl halides is 2. The third-order valence-corrected chi connectivity index (χ3v) is 3.21. The van der Waals surface area contributed by atoms with E-state index in [0.717, 1.165) is 5.56 Å². The molecular formula is C15H19F2N5O2. The molecule has 0 aliphatic carbocycles. The predicted molar refractivity (Wildman–Crippen MR) is 82.7 cm³/mol. The number of carbonyl (C=O) groups is 1. The van der Waals surface area contributed by atoms with E-state index in [9.17, 15) is 13.6 Å². The van der Waals surface area contributed by atoms with E-state index in [1.54, 1.807) is 49.1 Å². The third-order valence-electron chi connectivity index (χ3n) is 3.21. The van der Waals surface area contributed by atoms with Crippen molar-refractivity contribution in [2.75, 3.05) is 6.61 Å². The molecule has 0 fully saturated rings. The van der Waals surface area contributed by atoms with Crippen LogP contribution in [0.4, 0.5) is 13.6 Å². The van der Waals surface area contributed by atoms with Crippen LogP contribution in [0.5, 0.6) is 5.75 Å². The second-order valence-electron chi connectivity index (χ2n) is 5.20. The summed E-state index contributed by atoms with van der Waals surface area (Å²) in [7, 11) is 1.79. The number of nitrogens with zero attached hydrogens (tertiary/aromatic N) is 3. The van der Waals surface area contributed by atoms with Gasteiger partial charge in [-0.3, -0.25) is 0 Å². The van der Waals surface area contributed by atoms with Gasteiger partial charge in [-0.15, -0.1) is 10.2 Å². The van der Waals surface area contributed by atoms with Crippen molar-refractivity contribution in [1.29, 1.82) is 0 Å². The van der Waals surface area contributed by atoms with Gasteiger partial charge in [-0.2, -0.15) is 0 Å². The molecule has 1 heterocycles. The lowest BCUT2D eigenvalue weighted by Crippen LogP contribution is -2.37. The van der Waals surface area contributed by atoms with Crippen LogP contribution in [0.1, 0.15) is 24.4 Å². The number of ether oxygens (including phenoxy) is 1. The van der Waals surface area contributed by atoms with E-state index in [0.29, 0.717) is 11.6 Å². The van der Waals surface area contributed by atoms with Crippen molar-refractivity contribution in [2.24, 2.45) is 7.05 Å². The summed E-state index contributed by atoms with van der Waals surface area (Å²) in [6.07, 6.45) is -0.976. The molecule has 0 saturated carbocycles. The monoisotopic (exact) mass is 339 g/mol. The number of aryl methyl sites for hydroxylation is 1. The molecule has 2 N–H and O–H groups in total. The second kappa shape index (κ2) is 8.23. The van der Waals surface area contributed by atoms with Gasteiger partial charge in [0.25, 0.3) is 6.43 Å². The number of urea groups is 1. The largest absolute Gasteiger partial charge is 0.488 e. The van der Waals surface area contributed by atoms with Gasteiger partial charge in [-0.05, 0) is 24.6 Å². The van der Waals surface area contributed by atoms with E-state index in [-0.39, 0.29) is 18.6 Å². The third kappa shape index (κ3) is 5.18. The molecular weight excluding hydrogens is 320 g/mol. The van der Waals surface area contributed by atoms with Crippen molar-refractivity contribution in [3.63, 3.8) is 0 Å². The minimum Gasteiger partial charge on any atom is -0.488 e. The van der Waals surface area contributed by atoms with Gasteiger partial charge < -0.3 is 19.9 Å². The van der Waals surface area contributed by atoms with E-state index < -0.39 is 13.0 Å². The first kappa shape index (κ1) is 17.6. The Morgan fingerprint density at radius 1 is 1.42 bits per heavy atom. The summed E-state index contributed by atoms with van der Waals surface area (Å²) in [5.41, 5.74) is 0.739. The molecule has 1 aromatic carbocycles. The van der Waals surface area contributed by atoms with Gasteiger partial charge in [0, 0.05) is 13.6 Å². The van der Waals surface area contributed by atoms with Crippen LogP contribution in [0.15, 0.2) is 30.6 Å². The average molecular weight is 339 g/mol. The van der Waals surface area contributed by atoms with Crippen molar-refractivity contribution in [1.82, 2.24) is 25.4 Å². The first-order valence-corrected chi connectivity index (χ1v) is 7.34. The predicted octanol–water partition coefficient (Wildman–Crippen LogP) is 2.02. The lowest BCUT2D eigenvalue weighted by molar-refractivity contribution is 0.0818. The highest BCUT2D eigenvalue weighted by atomic mass is 19.3. The quantitative estimate of drug-likeness (QED) is 0.809. The molecule has 2 aromatic rings. The minimum absolute atomic E-state index is 0.239. The molecule has 0 saturated heterocycles. The fraction of sp³-hybridized carbons (Fsp3) is 0.400. The molecule has 24 heavy (non-hydrogen) atoms. The Balaban J connectivity index is 1.83. The zero-order valence-electron chi connectivity index (χ0n) is 13.4. The number of aromatic nitrogens is 3. The highest BCUT2D eigenvalue weighted by Crippen LogP contribution is 2.14. The lowest BCUT2D eigenvalue weighted by Gasteiger charge is -2.14. The van der Waals surface area contributed by atoms with Crippen LogP contribution in [-0.4, -0.2) is 33.8 Å². The van der Waals surface area contributed by atoms with Crippen LogP contribution < -0.4 is 15.4 Å². The Morgan fingerprint density at radius 3 is 2.88 bits per heavy atom. The van der Waals surface area contributed by atoms with Crippen molar-refractivity contribution >= 4 is 6.03 Å². The average Bonchev–Trinajstić information content (AvgIpc) is 2.97. The molecule has 7 nitrogen and oxygen atoms in total. The number of nitrogens with one attached hydrogen (secondary N) is 2. The van der Waals surface area contributed by atoms with Crippen molar-refractivity contribution in [2.45, 2.75) is 25.9 Å². The van der Waals surface area contributed by atoms with E-state index in [4.69, 9.17) is 4.74 Å². The molecule has 0 aliphatic heterocycles. The van der Waals surface area contributed by atoms with Crippen molar-refractivity contribution < 1.29 is 18.3 Å². The molecule has 2 amide bonds. The fourth-order valence-electron chi connectivity index (χ4n) is 2.08. The zero-order valence-corrected chi connectivity index (χ0v) is 13.4. The molecule has 1 aromatic heterocycles. The van der Waals surface area contributed by atoms with Gasteiger partial charge in [-0.1, -0.05) is 12.1 Å². The minimum atomic E-state index is -2.53. The van der Waals surface area contributed by atoms with E-state index >= 15 is 0 Å². The van der Waals surface area contributed by atoms with E-state index in [2.05, 4.69) is 20.8 Å². The first-order chi connectivity index (χ1) is 11.5. The summed E-state index contributed by atoms with van der Waals surface area (Å²) >= 11 is 0. The maximum atomic E-state index is 12.1. The van der Waals surface area contributed by atoms with Crippen LogP contribution in [0.3, 0.4) is 0 Å². The Bertz CT molecular complexity index is 677. The fourth-order valence-corrected chi connectivity index (χ4v) is 2.08. The number of benzene rings is 1. The van der Waals surface area contributed by atoms with Crippen LogP contribution in [0, 0.1) is 0 Å². The van der Waals surface area contributed by atoms with Crippen LogP contribution in [0.2, 0.25) is 0 Å². The molecule has 1 atom stereocenters. The number of hydrogen-bond acceptors (Lipinski definition) is 4. The molecule has 130 valence electrons. The molecule has 2 rings (SSSR count). The maximum absolute atomic E-state index is 12.1. The first-order valence-electron chi connectivity index (χ1n) is 7.34. The summed E-state index contributed by atoms with van der Waals surface area (Å²) in [6.45, 7) is 1.37. The Labute approximate surface area is 138 Å². The lowest BCUT2D eigenvalue weighted by atomic mass is 10.2. The standard InChI is InChI=1S/C15H19F2N5O2/c1-10(14-21-19-9-22(14)2)20-15(23)18-7-11-4-3-5-12(6-11)24-8-13(16)17/h3-6,9-10,13H,7-8H2,1-2H3,(H2,18,20,23)/t10-/m1/s1. The molecule has 9 heteroatoms. The number of rotatable bonds is 7. The molecule has 0 bridgehead atoms. The highest BCUT2D eigenvalue weighted by Gasteiger charge is 2.13. The van der Waals surface area contributed by atoms with E-state index in [1.807, 2.05) is 0 Å². The Morgan fingerprint density at radius 2 is 2.21 bits per heavy atom. The number of amides is 2. The number of hydrogen-bond donors (Lipinski definition) is 2. The van der Waals surface area contributed by atoms with Crippen LogP contribution in [-0.2, 0) is 13.6 Å². The molecule has 0 unspecified atom stereocenters. The van der Waals surface area contributed by atoms with Crippen molar-refractivity contribution in [3.05, 3.63) is 42.0 Å². The maximum Gasteiger partial charge on any atom is 0.315 e. The van der Waals surface area contributed by atoms with Gasteiger partial charge in [0.1, 0.15) is 18.7 Å². The van der Waals surface area contributed by atoms with Crippen molar-refractivity contribution in [3.8, 4) is 5.75 Å². The summed E-state index contributed by atoms with van der Waals surface area (Å²) in [5.74, 6) is 0.968. The van der Waals surface area contributed by atoms with Gasteiger partial charge >= 0.3 is 6.03 Å².